The van der Waals surface area contributed by atoms with Gasteiger partial charge >= 0.3 is 0 Å². The molecule has 0 amide bonds. The number of hydrogen-bond donors (Lipinski definition) is 0. The Hall–Kier alpha value is 4.32. The third-order valence-electron chi connectivity index (χ3n) is 9.87. The number of alkyl halides is 1. The predicted molar refractivity (Wildman–Crippen MR) is 241 cm³/mol. The molecule has 0 bridgehead atoms. The normalized spacial score (nSPS) is 14.4. The summed E-state index contributed by atoms with van der Waals surface area (Å²) in [6, 6.07) is 16.6. The molecule has 0 fully saturated rings. The summed E-state index contributed by atoms with van der Waals surface area (Å²) >= 11 is 55.7. The topological polar surface area (TPSA) is 0 Å². The van der Waals surface area contributed by atoms with Gasteiger partial charge in [0.25, 0.3) is 0 Å². The first-order valence-electron chi connectivity index (χ1n) is 17.4. The minimum Gasteiger partial charge on any atom is -0.146 e. The van der Waals surface area contributed by atoms with Gasteiger partial charge in [-0.1, -0.05) is 135 Å². The first-order chi connectivity index (χ1) is 20.3. The average Bonchev–Trinajstić information content (AvgIpc) is 2.81. The van der Waals surface area contributed by atoms with Crippen molar-refractivity contribution in [2.75, 3.05) is 5.33 Å². The summed E-state index contributed by atoms with van der Waals surface area (Å²) in [7, 11) is -4.18. The van der Waals surface area contributed by atoms with Crippen molar-refractivity contribution in [3.05, 3.63) is 0 Å². The SMILES string of the molecule is C[Si](Cl)(Cl)CCC[Si](C)(CCC[Si](C)(Cl)Cl)CCC[Si](C)(CCCCBr)CCC[Si](C)(CCC[Si](C)(Cl)Cl)CCC[Si](C)(Cl)Cl. The van der Waals surface area contributed by atoms with Gasteiger partial charge in [0, 0.05) is 5.33 Å². The van der Waals surface area contributed by atoms with Crippen LogP contribution in [0.2, 0.25) is 124 Å². The van der Waals surface area contributed by atoms with Crippen LogP contribution >= 0.6 is 105 Å². The number of rotatable bonds is 28. The largest absolute Gasteiger partial charge is 0.248 e. The second-order valence-corrected chi connectivity index (χ2v) is 65.0. The molecule has 0 nitrogen and oxygen atoms in total. The van der Waals surface area contributed by atoms with E-state index in [0.717, 1.165) is 29.5 Å². The summed E-state index contributed by atoms with van der Waals surface area (Å²) in [5, 5.41) is 1.12. The highest BCUT2D eigenvalue weighted by Crippen LogP contribution is 2.38. The van der Waals surface area contributed by atoms with E-state index in [9.17, 15) is 0 Å². The van der Waals surface area contributed by atoms with Gasteiger partial charge in [-0.05, 0) is 56.8 Å². The third kappa shape index (κ3) is 30.5. The molecule has 16 heteroatoms. The Labute approximate surface area is 333 Å². The first-order valence-corrected chi connectivity index (χ1v) is 46.8. The van der Waals surface area contributed by atoms with Crippen LogP contribution in [0.25, 0.3) is 0 Å². The summed E-state index contributed by atoms with van der Waals surface area (Å²) in [6.45, 7) is 8.06. The molecule has 0 saturated heterocycles. The molecule has 0 aliphatic heterocycles. The highest BCUT2D eigenvalue weighted by Gasteiger charge is 2.34. The summed E-state index contributed by atoms with van der Waals surface area (Å²) in [4.78, 5) is 0. The molecule has 0 unspecified atom stereocenters. The van der Waals surface area contributed by atoms with Gasteiger partial charge in [0.15, 0.2) is 0 Å². The standard InChI is InChI=1S/C29H65BrCl8Si7/c1-39(17-9-8-16-30,18-10-20-40(2,22-12-26-42(4,31)32)23-13-27-43(5,33)34)19-11-21-41(3,24-14-28-44(6,35)36)25-15-29-45(7,37)38/h8-29H2,1-7H3. The van der Waals surface area contributed by atoms with Crippen molar-refractivity contribution in [1.82, 2.24) is 0 Å². The summed E-state index contributed by atoms with van der Waals surface area (Å²) in [5.74, 6) is 0. The van der Waals surface area contributed by atoms with E-state index >= 15 is 0 Å². The predicted octanol–water partition coefficient (Wildman–Crippen LogP) is 16.9. The van der Waals surface area contributed by atoms with Crippen molar-refractivity contribution in [2.45, 2.75) is 176 Å². The Kier molecular flexibility index (Phi) is 25.4. The van der Waals surface area contributed by atoms with E-state index in [1.54, 1.807) is 0 Å². The Morgan fingerprint density at radius 1 is 0.289 bits per heavy atom. The second-order valence-electron chi connectivity index (χ2n) is 16.0. The first kappa shape index (κ1) is 49.3. The fourth-order valence-electron chi connectivity index (χ4n) is 6.96. The maximum absolute atomic E-state index is 6.50. The highest BCUT2D eigenvalue weighted by molar-refractivity contribution is 9.09. The number of halogens is 9. The van der Waals surface area contributed by atoms with Crippen LogP contribution in [-0.2, 0) is 0 Å². The Morgan fingerprint density at radius 3 is 0.644 bits per heavy atom. The molecule has 0 heterocycles. The van der Waals surface area contributed by atoms with Crippen LogP contribution in [0.5, 0.6) is 0 Å². The number of hydrogen-bond acceptors (Lipinski definition) is 0. The van der Waals surface area contributed by atoms with Crippen LogP contribution in [0.3, 0.4) is 0 Å². The Morgan fingerprint density at radius 2 is 0.467 bits per heavy atom. The lowest BCUT2D eigenvalue weighted by Crippen LogP contribution is -2.35. The molecular weight excluding hydrogens is 908 g/mol. The van der Waals surface area contributed by atoms with E-state index < -0.39 is 51.0 Å². The Balaban J connectivity index is 5.48. The summed E-state index contributed by atoms with van der Waals surface area (Å²) in [5.41, 5.74) is 0. The molecule has 0 aliphatic carbocycles. The molecule has 45 heavy (non-hydrogen) atoms. The molecule has 0 rings (SSSR count). The van der Waals surface area contributed by atoms with Crippen LogP contribution in [0.1, 0.15) is 51.4 Å². The van der Waals surface area contributed by atoms with E-state index in [-0.39, 0.29) is 0 Å². The maximum Gasteiger partial charge on any atom is 0.248 e. The minimum absolute atomic E-state index is 1.01. The van der Waals surface area contributed by atoms with Crippen molar-refractivity contribution >= 4 is 156 Å². The molecule has 0 saturated carbocycles. The molecule has 272 valence electrons. The van der Waals surface area contributed by atoms with Gasteiger partial charge < -0.3 is 0 Å². The van der Waals surface area contributed by atoms with Crippen molar-refractivity contribution in [3.63, 3.8) is 0 Å². The van der Waals surface area contributed by atoms with Gasteiger partial charge in [0.2, 0.25) is 26.8 Å². The van der Waals surface area contributed by atoms with Crippen LogP contribution in [0.15, 0.2) is 0 Å². The van der Waals surface area contributed by atoms with Crippen molar-refractivity contribution in [1.29, 1.82) is 0 Å². The van der Waals surface area contributed by atoms with Gasteiger partial charge in [-0.3, -0.25) is 0 Å². The smallest absolute Gasteiger partial charge is 0.146 e. The molecule has 0 aromatic rings. The van der Waals surface area contributed by atoms with Crippen molar-refractivity contribution in [3.8, 4) is 0 Å². The fourth-order valence-corrected chi connectivity index (χ4v) is 27.5. The van der Waals surface area contributed by atoms with E-state index in [4.69, 9.17) is 88.6 Å². The molecule has 0 aliphatic rings. The fraction of sp³-hybridized carbons (Fsp3) is 1.00. The lowest BCUT2D eigenvalue weighted by Gasteiger charge is -2.34. The lowest BCUT2D eigenvalue weighted by atomic mass is 10.4. The van der Waals surface area contributed by atoms with Crippen LogP contribution in [0, 0.1) is 0 Å². The van der Waals surface area contributed by atoms with E-state index in [1.165, 1.54) is 106 Å². The van der Waals surface area contributed by atoms with E-state index in [0.29, 0.717) is 0 Å². The Bertz CT molecular complexity index is 691. The second kappa shape index (κ2) is 23.2. The van der Waals surface area contributed by atoms with E-state index in [1.807, 2.05) is 0 Å². The molecule has 0 atom stereocenters. The van der Waals surface area contributed by atoms with Gasteiger partial charge in [-0.2, -0.15) is 0 Å². The quantitative estimate of drug-likeness (QED) is 0.0317. The molecular formula is C29H65BrCl8Si7. The molecule has 0 N–H and O–H groups in total. The maximum atomic E-state index is 6.50. The van der Waals surface area contributed by atoms with Crippen molar-refractivity contribution < 1.29 is 0 Å². The zero-order chi connectivity index (χ0) is 35.1. The highest BCUT2D eigenvalue weighted by atomic mass is 79.9. The van der Waals surface area contributed by atoms with Crippen molar-refractivity contribution in [2.24, 2.45) is 0 Å². The van der Waals surface area contributed by atoms with Crippen LogP contribution < -0.4 is 0 Å². The molecule has 0 spiro atoms. The monoisotopic (exact) mass is 968 g/mol. The minimum atomic E-state index is -2.05. The lowest BCUT2D eigenvalue weighted by molar-refractivity contribution is 0.840. The van der Waals surface area contributed by atoms with Gasteiger partial charge in [-0.15, -0.1) is 88.6 Å². The van der Waals surface area contributed by atoms with Gasteiger partial charge in [0.1, 0.15) is 0 Å². The summed E-state index contributed by atoms with van der Waals surface area (Å²) in [6.07, 6.45) is 10.2. The van der Waals surface area contributed by atoms with Gasteiger partial charge in [0.05, 0.1) is 24.2 Å². The molecule has 0 radical (unpaired) electrons. The zero-order valence-electron chi connectivity index (χ0n) is 29.5. The van der Waals surface area contributed by atoms with Gasteiger partial charge in [-0.25, -0.2) is 0 Å². The van der Waals surface area contributed by atoms with Crippen LogP contribution in [-0.4, -0.2) is 56.3 Å². The number of unbranched alkanes of at least 4 members (excludes halogenated alkanes) is 1. The van der Waals surface area contributed by atoms with Crippen LogP contribution in [0.4, 0.5) is 0 Å². The van der Waals surface area contributed by atoms with E-state index in [2.05, 4.69) is 61.8 Å². The molecule has 0 aromatic carbocycles. The summed E-state index contributed by atoms with van der Waals surface area (Å²) < 4.78 is 0. The molecule has 0 aromatic heterocycles. The third-order valence-corrected chi connectivity index (χ3v) is 33.9. The average molecular weight is 974 g/mol. The zero-order valence-corrected chi connectivity index (χ0v) is 44.1.